The molecule has 0 atom stereocenters. The molecule has 0 saturated heterocycles. The number of halogens is 3. The van der Waals surface area contributed by atoms with Crippen LogP contribution in [-0.4, -0.2) is 38.4 Å². The summed E-state index contributed by atoms with van der Waals surface area (Å²) in [4.78, 5) is 8.70. The molecule has 0 aromatic heterocycles. The first-order chi connectivity index (χ1) is 13.8. The fourth-order valence-corrected chi connectivity index (χ4v) is 2.27. The van der Waals surface area contributed by atoms with Crippen LogP contribution in [0.3, 0.4) is 0 Å². The molecule has 9 heteroatoms. The summed E-state index contributed by atoms with van der Waals surface area (Å²) < 4.78 is 45.7. The van der Waals surface area contributed by atoms with E-state index in [1.165, 1.54) is 24.3 Å². The Morgan fingerprint density at radius 2 is 1.72 bits per heavy atom. The third-order valence-corrected chi connectivity index (χ3v) is 3.69. The van der Waals surface area contributed by atoms with E-state index >= 15 is 0 Å². The molecule has 0 bridgehead atoms. The Labute approximate surface area is 167 Å². The molecule has 0 spiro atoms. The number of aryl methyl sites for hydroxylation is 1. The molecule has 29 heavy (non-hydrogen) atoms. The lowest BCUT2D eigenvalue weighted by molar-refractivity contribution is -0.274. The molecule has 0 unspecified atom stereocenters. The van der Waals surface area contributed by atoms with E-state index in [-0.39, 0.29) is 17.5 Å². The van der Waals surface area contributed by atoms with Gasteiger partial charge >= 0.3 is 6.36 Å². The van der Waals surface area contributed by atoms with Gasteiger partial charge in [0.15, 0.2) is 0 Å². The first-order valence-corrected chi connectivity index (χ1v) is 8.84. The number of amidine groups is 1. The second-order valence-electron chi connectivity index (χ2n) is 6.11. The number of alkyl halides is 3. The largest absolute Gasteiger partial charge is 0.573 e. The lowest BCUT2D eigenvalue weighted by atomic mass is 10.1. The van der Waals surface area contributed by atoms with Gasteiger partial charge < -0.3 is 20.5 Å². The number of ether oxygens (including phenoxy) is 2. The molecule has 156 valence electrons. The number of nitrogens with zero attached hydrogens (tertiary/aromatic N) is 2. The Morgan fingerprint density at radius 3 is 2.31 bits per heavy atom. The number of nitrogens with two attached hydrogens (primary N) is 1. The normalized spacial score (nSPS) is 12.7. The summed E-state index contributed by atoms with van der Waals surface area (Å²) in [7, 11) is 1.60. The Hall–Kier alpha value is -3.07. The van der Waals surface area contributed by atoms with Crippen molar-refractivity contribution in [2.45, 2.75) is 19.7 Å². The minimum atomic E-state index is -4.74. The van der Waals surface area contributed by atoms with Crippen molar-refractivity contribution in [2.24, 2.45) is 15.7 Å². The predicted molar refractivity (Wildman–Crippen MR) is 107 cm³/mol. The van der Waals surface area contributed by atoms with Crippen molar-refractivity contribution >= 4 is 17.5 Å². The van der Waals surface area contributed by atoms with Gasteiger partial charge in [-0.3, -0.25) is 4.99 Å². The van der Waals surface area contributed by atoms with Gasteiger partial charge in [-0.1, -0.05) is 29.8 Å². The maximum atomic E-state index is 12.3. The van der Waals surface area contributed by atoms with Gasteiger partial charge in [0, 0.05) is 31.5 Å². The number of methoxy groups -OCH3 is 1. The highest BCUT2D eigenvalue weighted by atomic mass is 19.4. The third-order valence-electron chi connectivity index (χ3n) is 3.69. The fraction of sp³-hybridized carbons (Fsp3) is 0.300. The molecule has 2 aromatic rings. The number of aliphatic imine (C=N–C) groups is 2. The molecular formula is C20H23F3N4O2. The fourth-order valence-electron chi connectivity index (χ4n) is 2.27. The zero-order valence-corrected chi connectivity index (χ0v) is 16.2. The smallest absolute Gasteiger partial charge is 0.406 e. The van der Waals surface area contributed by atoms with E-state index in [4.69, 9.17) is 10.5 Å². The predicted octanol–water partition coefficient (Wildman–Crippen LogP) is 4.10. The van der Waals surface area contributed by atoms with Crippen LogP contribution in [0.5, 0.6) is 5.75 Å². The standard InChI is InChI=1S/C20H23F3N4O2/c1-14-4-6-15(7-5-14)18(24)27-19(25-12-3-13-28-2)26-16-8-10-17(11-9-16)29-20(21,22)23/h4-11H,3,12-13H2,1-2H3,(H3,24,25,26,27). The molecule has 0 fully saturated rings. The lowest BCUT2D eigenvalue weighted by Crippen LogP contribution is -2.20. The average Bonchev–Trinajstić information content (AvgIpc) is 2.66. The maximum Gasteiger partial charge on any atom is 0.573 e. The summed E-state index contributed by atoms with van der Waals surface area (Å²) in [5.41, 5.74) is 8.40. The Bertz CT molecular complexity index is 832. The number of guanidine groups is 1. The molecule has 3 N–H and O–H groups in total. The quantitative estimate of drug-likeness (QED) is 0.411. The molecule has 0 amide bonds. The number of hydrogen-bond donors (Lipinski definition) is 2. The summed E-state index contributed by atoms with van der Waals surface area (Å²) in [6.45, 7) is 2.95. The van der Waals surface area contributed by atoms with Crippen LogP contribution in [0.4, 0.5) is 18.9 Å². The molecule has 0 radical (unpaired) electrons. The van der Waals surface area contributed by atoms with Gasteiger partial charge in [0.25, 0.3) is 0 Å². The van der Waals surface area contributed by atoms with E-state index in [9.17, 15) is 13.2 Å². The Balaban J connectivity index is 2.17. The van der Waals surface area contributed by atoms with Crippen molar-refractivity contribution in [1.82, 2.24) is 0 Å². The Morgan fingerprint density at radius 1 is 1.07 bits per heavy atom. The summed E-state index contributed by atoms with van der Waals surface area (Å²) in [5.74, 6) is 0.188. The second kappa shape index (κ2) is 10.5. The van der Waals surface area contributed by atoms with Crippen molar-refractivity contribution in [3.05, 3.63) is 59.7 Å². The van der Waals surface area contributed by atoms with Crippen LogP contribution in [-0.2, 0) is 4.74 Å². The number of rotatable bonds is 7. The van der Waals surface area contributed by atoms with E-state index in [0.29, 0.717) is 25.3 Å². The molecule has 0 aliphatic rings. The van der Waals surface area contributed by atoms with Crippen LogP contribution in [0.2, 0.25) is 0 Å². The van der Waals surface area contributed by atoms with E-state index in [1.54, 1.807) is 7.11 Å². The highest BCUT2D eigenvalue weighted by Crippen LogP contribution is 2.24. The zero-order chi connectivity index (χ0) is 21.3. The van der Waals surface area contributed by atoms with Crippen LogP contribution in [0.25, 0.3) is 0 Å². The van der Waals surface area contributed by atoms with Crippen LogP contribution in [0, 0.1) is 6.92 Å². The van der Waals surface area contributed by atoms with Gasteiger partial charge in [-0.25, -0.2) is 0 Å². The Kier molecular flexibility index (Phi) is 8.02. The van der Waals surface area contributed by atoms with Crippen molar-refractivity contribution in [1.29, 1.82) is 0 Å². The van der Waals surface area contributed by atoms with Crippen LogP contribution in [0.1, 0.15) is 17.5 Å². The van der Waals surface area contributed by atoms with Crippen LogP contribution >= 0.6 is 0 Å². The molecular weight excluding hydrogens is 385 g/mol. The van der Waals surface area contributed by atoms with E-state index < -0.39 is 6.36 Å². The number of anilines is 1. The van der Waals surface area contributed by atoms with Gasteiger partial charge in [0.2, 0.25) is 5.96 Å². The van der Waals surface area contributed by atoms with Crippen molar-refractivity contribution in [3.8, 4) is 5.75 Å². The van der Waals surface area contributed by atoms with Gasteiger partial charge in [-0.05, 0) is 37.6 Å². The second-order valence-corrected chi connectivity index (χ2v) is 6.11. The zero-order valence-electron chi connectivity index (χ0n) is 16.2. The molecule has 0 aliphatic heterocycles. The molecule has 2 aromatic carbocycles. The minimum absolute atomic E-state index is 0.240. The van der Waals surface area contributed by atoms with Gasteiger partial charge in [0.1, 0.15) is 11.6 Å². The van der Waals surface area contributed by atoms with Gasteiger partial charge in [-0.15, -0.1) is 13.2 Å². The van der Waals surface area contributed by atoms with Gasteiger partial charge in [-0.2, -0.15) is 4.99 Å². The third kappa shape index (κ3) is 8.22. The van der Waals surface area contributed by atoms with Crippen molar-refractivity contribution in [2.75, 3.05) is 25.6 Å². The average molecular weight is 408 g/mol. The first-order valence-electron chi connectivity index (χ1n) is 8.84. The van der Waals surface area contributed by atoms with Crippen LogP contribution < -0.4 is 15.8 Å². The van der Waals surface area contributed by atoms with Gasteiger partial charge in [0.05, 0.1) is 0 Å². The van der Waals surface area contributed by atoms with Crippen molar-refractivity contribution in [3.63, 3.8) is 0 Å². The SMILES string of the molecule is COCCCN=C(N=C(N)c1ccc(C)cc1)Nc1ccc(OC(F)(F)F)cc1. The van der Waals surface area contributed by atoms with E-state index in [2.05, 4.69) is 20.0 Å². The molecule has 2 rings (SSSR count). The highest BCUT2D eigenvalue weighted by Gasteiger charge is 2.30. The summed E-state index contributed by atoms with van der Waals surface area (Å²) >= 11 is 0. The van der Waals surface area contributed by atoms with E-state index in [1.807, 2.05) is 31.2 Å². The molecule has 6 nitrogen and oxygen atoms in total. The van der Waals surface area contributed by atoms with Crippen molar-refractivity contribution < 1.29 is 22.6 Å². The monoisotopic (exact) mass is 408 g/mol. The van der Waals surface area contributed by atoms with E-state index in [0.717, 1.165) is 11.1 Å². The first kappa shape index (κ1) is 22.2. The molecule has 0 saturated carbocycles. The molecule has 0 heterocycles. The summed E-state index contributed by atoms with van der Waals surface area (Å²) in [6, 6.07) is 12.8. The highest BCUT2D eigenvalue weighted by molar-refractivity contribution is 6.08. The number of hydrogen-bond acceptors (Lipinski definition) is 3. The summed E-state index contributed by atoms with van der Waals surface area (Å²) in [6.07, 6.45) is -4.06. The maximum absolute atomic E-state index is 12.3. The topological polar surface area (TPSA) is 81.2 Å². The molecule has 0 aliphatic carbocycles. The summed E-state index contributed by atoms with van der Waals surface area (Å²) in [5, 5.41) is 2.96. The number of benzene rings is 2. The number of nitrogens with one attached hydrogen (secondary N) is 1. The minimum Gasteiger partial charge on any atom is -0.406 e. The van der Waals surface area contributed by atoms with Crippen LogP contribution in [0.15, 0.2) is 58.5 Å². The lowest BCUT2D eigenvalue weighted by Gasteiger charge is -2.11.